The largest absolute Gasteiger partial charge is 0.378 e. The lowest BCUT2D eigenvalue weighted by molar-refractivity contribution is 0.0131. The molecule has 1 atom stereocenters. The first-order valence-corrected chi connectivity index (χ1v) is 13.5. The average molecular weight is 459 g/mol. The van der Waals surface area contributed by atoms with E-state index in [0.717, 1.165) is 63.0 Å². The number of aryl methyl sites for hydroxylation is 1. The summed E-state index contributed by atoms with van der Waals surface area (Å²) < 4.78 is 35.7. The monoisotopic (exact) mass is 458 g/mol. The molecule has 0 radical (unpaired) electrons. The van der Waals surface area contributed by atoms with Gasteiger partial charge in [0.1, 0.15) is 0 Å². The maximum atomic E-state index is 14.8. The molecule has 1 nitrogen and oxygen atoms in total. The molecule has 0 N–H and O–H groups in total. The summed E-state index contributed by atoms with van der Waals surface area (Å²) >= 11 is 0. The van der Waals surface area contributed by atoms with E-state index in [4.69, 9.17) is 4.74 Å². The fraction of sp³-hybridized carbons (Fsp3) is 0.667. The zero-order valence-electron chi connectivity index (χ0n) is 20.9. The molecule has 0 bridgehead atoms. The van der Waals surface area contributed by atoms with Crippen LogP contribution in [0.5, 0.6) is 0 Å². The molecular formula is C30H44F2O. The fourth-order valence-corrected chi connectivity index (χ4v) is 5.44. The van der Waals surface area contributed by atoms with Gasteiger partial charge < -0.3 is 4.74 Å². The van der Waals surface area contributed by atoms with Gasteiger partial charge in [0, 0.05) is 12.2 Å². The quantitative estimate of drug-likeness (QED) is 0.224. The van der Waals surface area contributed by atoms with E-state index in [-0.39, 0.29) is 6.10 Å². The Bertz CT molecular complexity index is 774. The van der Waals surface area contributed by atoms with Crippen LogP contribution in [0.15, 0.2) is 30.4 Å². The Kier molecular flexibility index (Phi) is 11.1. The molecule has 0 amide bonds. The lowest BCUT2D eigenvalue weighted by Crippen LogP contribution is -2.23. The van der Waals surface area contributed by atoms with E-state index in [0.29, 0.717) is 23.5 Å². The van der Waals surface area contributed by atoms with Crippen LogP contribution < -0.4 is 0 Å². The van der Waals surface area contributed by atoms with Crippen molar-refractivity contribution in [3.05, 3.63) is 53.1 Å². The Labute approximate surface area is 200 Å². The van der Waals surface area contributed by atoms with Crippen LogP contribution in [0.1, 0.15) is 108 Å². The number of benzene rings is 1. The molecule has 1 fully saturated rings. The minimum atomic E-state index is -0.667. The summed E-state index contributed by atoms with van der Waals surface area (Å²) in [6.07, 6.45) is 21.8. The number of rotatable bonds is 12. The van der Waals surface area contributed by atoms with Crippen LogP contribution in [0, 0.1) is 23.5 Å². The van der Waals surface area contributed by atoms with E-state index in [2.05, 4.69) is 32.1 Å². The standard InChI is InChI=1S/C30H44F2O/c1-3-5-7-9-11-26-18-21-28(30(32)29(26)31)25-16-19-27(20-17-25)33-22-24-14-12-23(13-15-24)10-8-6-4-2/h4,6,16,18,21,23-24,27H,3,5,7-15,17,19-20,22H2,1-2H3. The van der Waals surface area contributed by atoms with Gasteiger partial charge in [-0.25, -0.2) is 8.78 Å². The minimum Gasteiger partial charge on any atom is -0.378 e. The van der Waals surface area contributed by atoms with Crippen LogP contribution in [0.2, 0.25) is 0 Å². The summed E-state index contributed by atoms with van der Waals surface area (Å²) in [7, 11) is 0. The predicted octanol–water partition coefficient (Wildman–Crippen LogP) is 9.20. The Balaban J connectivity index is 1.43. The van der Waals surface area contributed by atoms with Crippen LogP contribution in [0.4, 0.5) is 8.78 Å². The molecule has 0 heterocycles. The third-order valence-corrected chi connectivity index (χ3v) is 7.68. The minimum absolute atomic E-state index is 0.215. The van der Waals surface area contributed by atoms with Crippen molar-refractivity contribution in [1.29, 1.82) is 0 Å². The van der Waals surface area contributed by atoms with Gasteiger partial charge in [0.05, 0.1) is 6.10 Å². The van der Waals surface area contributed by atoms with E-state index in [9.17, 15) is 8.78 Å². The first-order valence-electron chi connectivity index (χ1n) is 13.5. The molecule has 0 spiro atoms. The van der Waals surface area contributed by atoms with Gasteiger partial charge >= 0.3 is 0 Å². The Morgan fingerprint density at radius 3 is 2.45 bits per heavy atom. The summed E-state index contributed by atoms with van der Waals surface area (Å²) in [6, 6.07) is 3.58. The van der Waals surface area contributed by atoms with E-state index in [1.807, 2.05) is 0 Å². The fourth-order valence-electron chi connectivity index (χ4n) is 5.44. The van der Waals surface area contributed by atoms with Crippen LogP contribution >= 0.6 is 0 Å². The topological polar surface area (TPSA) is 9.23 Å². The van der Waals surface area contributed by atoms with Gasteiger partial charge in [0.2, 0.25) is 0 Å². The number of halogens is 2. The van der Waals surface area contributed by atoms with Crippen LogP contribution in [0.3, 0.4) is 0 Å². The molecule has 184 valence electrons. The second-order valence-electron chi connectivity index (χ2n) is 10.2. The van der Waals surface area contributed by atoms with E-state index in [1.165, 1.54) is 38.5 Å². The number of allylic oxidation sites excluding steroid dienone is 3. The van der Waals surface area contributed by atoms with Gasteiger partial charge in [-0.15, -0.1) is 0 Å². The van der Waals surface area contributed by atoms with Gasteiger partial charge in [-0.2, -0.15) is 0 Å². The molecule has 0 aromatic heterocycles. The second-order valence-corrected chi connectivity index (χ2v) is 10.2. The summed E-state index contributed by atoms with van der Waals surface area (Å²) in [5, 5.41) is 0. The van der Waals surface area contributed by atoms with E-state index in [1.54, 1.807) is 12.1 Å². The van der Waals surface area contributed by atoms with Crippen molar-refractivity contribution in [2.45, 2.75) is 110 Å². The molecule has 0 aliphatic heterocycles. The molecule has 3 heteroatoms. The smallest absolute Gasteiger partial charge is 0.166 e. The van der Waals surface area contributed by atoms with Crippen molar-refractivity contribution in [3.8, 4) is 0 Å². The molecule has 2 aliphatic carbocycles. The zero-order chi connectivity index (χ0) is 23.5. The van der Waals surface area contributed by atoms with Gasteiger partial charge in [0.25, 0.3) is 0 Å². The van der Waals surface area contributed by atoms with Crippen molar-refractivity contribution in [1.82, 2.24) is 0 Å². The Morgan fingerprint density at radius 2 is 1.76 bits per heavy atom. The summed E-state index contributed by atoms with van der Waals surface area (Å²) in [6.45, 7) is 5.10. The molecule has 0 saturated heterocycles. The average Bonchev–Trinajstić information content (AvgIpc) is 2.84. The van der Waals surface area contributed by atoms with Crippen molar-refractivity contribution in [2.24, 2.45) is 11.8 Å². The van der Waals surface area contributed by atoms with Crippen molar-refractivity contribution < 1.29 is 13.5 Å². The first-order chi connectivity index (χ1) is 16.1. The number of ether oxygens (including phenoxy) is 1. The van der Waals surface area contributed by atoms with Crippen molar-refractivity contribution in [2.75, 3.05) is 6.61 Å². The highest BCUT2D eigenvalue weighted by Crippen LogP contribution is 2.34. The molecular weight excluding hydrogens is 414 g/mol. The highest BCUT2D eigenvalue weighted by atomic mass is 19.2. The number of unbranched alkanes of at least 4 members (excludes halogenated alkanes) is 3. The molecule has 3 rings (SSSR count). The highest BCUT2D eigenvalue weighted by molar-refractivity contribution is 5.67. The Morgan fingerprint density at radius 1 is 0.970 bits per heavy atom. The predicted molar refractivity (Wildman–Crippen MR) is 135 cm³/mol. The van der Waals surface area contributed by atoms with Gasteiger partial charge in [-0.3, -0.25) is 0 Å². The molecule has 2 aliphatic rings. The van der Waals surface area contributed by atoms with Crippen molar-refractivity contribution >= 4 is 5.57 Å². The highest BCUT2D eigenvalue weighted by Gasteiger charge is 2.24. The molecule has 1 saturated carbocycles. The van der Waals surface area contributed by atoms with E-state index < -0.39 is 11.6 Å². The molecule has 33 heavy (non-hydrogen) atoms. The van der Waals surface area contributed by atoms with Gasteiger partial charge in [-0.05, 0) is 87.7 Å². The number of hydrogen-bond donors (Lipinski definition) is 0. The normalized spacial score (nSPS) is 23.8. The summed E-state index contributed by atoms with van der Waals surface area (Å²) in [5.41, 5.74) is 1.89. The van der Waals surface area contributed by atoms with Gasteiger partial charge in [-0.1, -0.05) is 69.4 Å². The summed E-state index contributed by atoms with van der Waals surface area (Å²) in [5.74, 6) is 0.254. The third kappa shape index (κ3) is 8.05. The molecule has 1 aromatic rings. The van der Waals surface area contributed by atoms with E-state index >= 15 is 0 Å². The number of hydrogen-bond acceptors (Lipinski definition) is 1. The maximum absolute atomic E-state index is 14.8. The third-order valence-electron chi connectivity index (χ3n) is 7.68. The Hall–Kier alpha value is -1.48. The lowest BCUT2D eigenvalue weighted by Gasteiger charge is -2.30. The van der Waals surface area contributed by atoms with Crippen LogP contribution in [-0.2, 0) is 11.2 Å². The maximum Gasteiger partial charge on any atom is 0.166 e. The van der Waals surface area contributed by atoms with Crippen molar-refractivity contribution in [3.63, 3.8) is 0 Å². The van der Waals surface area contributed by atoms with Crippen LogP contribution in [-0.4, -0.2) is 12.7 Å². The SMILES string of the molecule is CC=CCCC1CCC(COC2CC=C(c3ccc(CCCCCC)c(F)c3F)CC2)CC1. The van der Waals surface area contributed by atoms with Gasteiger partial charge in [0.15, 0.2) is 11.6 Å². The molecule has 1 unspecified atom stereocenters. The second kappa shape index (κ2) is 14.0. The summed E-state index contributed by atoms with van der Waals surface area (Å²) in [4.78, 5) is 0. The molecule has 1 aromatic carbocycles. The lowest BCUT2D eigenvalue weighted by atomic mass is 9.80. The zero-order valence-corrected chi connectivity index (χ0v) is 20.9. The first kappa shape index (κ1) is 26.1. The van der Waals surface area contributed by atoms with Crippen LogP contribution in [0.25, 0.3) is 5.57 Å².